The Bertz CT molecular complexity index is 484. The van der Waals surface area contributed by atoms with Gasteiger partial charge in [0.25, 0.3) is 5.91 Å². The van der Waals surface area contributed by atoms with E-state index in [0.29, 0.717) is 10.8 Å². The summed E-state index contributed by atoms with van der Waals surface area (Å²) in [4.78, 5) is 23.0. The molecule has 2 amide bonds. The van der Waals surface area contributed by atoms with Gasteiger partial charge >= 0.3 is 0 Å². The first-order valence-electron chi connectivity index (χ1n) is 6.22. The van der Waals surface area contributed by atoms with Gasteiger partial charge in [-0.25, -0.2) is 0 Å². The minimum atomic E-state index is -0.367. The number of carbonyl (C=O) groups is 2. The molecule has 110 valence electrons. The van der Waals surface area contributed by atoms with E-state index in [2.05, 4.69) is 10.6 Å². The molecule has 0 fully saturated rings. The van der Waals surface area contributed by atoms with Crippen LogP contribution in [0.5, 0.6) is 5.75 Å². The Morgan fingerprint density at radius 1 is 1.25 bits per heavy atom. The van der Waals surface area contributed by atoms with Crippen molar-refractivity contribution in [1.82, 2.24) is 10.6 Å². The number of hydrogen-bond acceptors (Lipinski definition) is 3. The largest absolute Gasteiger partial charge is 0.484 e. The van der Waals surface area contributed by atoms with E-state index in [0.717, 1.165) is 0 Å². The van der Waals surface area contributed by atoms with E-state index >= 15 is 0 Å². The summed E-state index contributed by atoms with van der Waals surface area (Å²) in [6.07, 6.45) is 0. The Labute approximate surface area is 123 Å². The number of amides is 2. The molecule has 5 nitrogen and oxygen atoms in total. The van der Waals surface area contributed by atoms with E-state index < -0.39 is 0 Å². The fraction of sp³-hybridized carbons (Fsp3) is 0.429. The van der Waals surface area contributed by atoms with E-state index in [1.807, 2.05) is 20.8 Å². The maximum Gasteiger partial charge on any atom is 0.258 e. The second-order valence-electron chi connectivity index (χ2n) is 5.32. The average molecular weight is 299 g/mol. The van der Waals surface area contributed by atoms with Gasteiger partial charge in [0.2, 0.25) is 5.91 Å². The number of ether oxygens (including phenoxy) is 1. The van der Waals surface area contributed by atoms with Crippen LogP contribution in [-0.2, 0) is 9.59 Å². The first-order chi connectivity index (χ1) is 9.26. The van der Waals surface area contributed by atoms with Crippen LogP contribution < -0.4 is 15.4 Å². The summed E-state index contributed by atoms with van der Waals surface area (Å²) in [5.74, 6) is -0.102. The minimum absolute atomic E-state index is 0.0744. The first kappa shape index (κ1) is 16.3. The van der Waals surface area contributed by atoms with Gasteiger partial charge in [-0.2, -0.15) is 0 Å². The van der Waals surface area contributed by atoms with Crippen molar-refractivity contribution in [2.45, 2.75) is 26.3 Å². The number of benzene rings is 1. The Morgan fingerprint density at radius 2 is 1.95 bits per heavy atom. The SMILES string of the molecule is CC(C)(C)NC(=O)CNC(=O)COc1cccc(Cl)c1. The van der Waals surface area contributed by atoms with Gasteiger partial charge < -0.3 is 15.4 Å². The molecule has 1 aromatic carbocycles. The number of hydrogen-bond donors (Lipinski definition) is 2. The highest BCUT2D eigenvalue weighted by Gasteiger charge is 2.14. The third kappa shape index (κ3) is 6.99. The van der Waals surface area contributed by atoms with E-state index in [4.69, 9.17) is 16.3 Å². The zero-order valence-electron chi connectivity index (χ0n) is 11.8. The zero-order valence-corrected chi connectivity index (χ0v) is 12.6. The van der Waals surface area contributed by atoms with Gasteiger partial charge in [-0.1, -0.05) is 17.7 Å². The summed E-state index contributed by atoms with van der Waals surface area (Å²) >= 11 is 5.79. The van der Waals surface area contributed by atoms with Crippen LogP contribution >= 0.6 is 11.6 Å². The van der Waals surface area contributed by atoms with Crippen LogP contribution in [0.15, 0.2) is 24.3 Å². The zero-order chi connectivity index (χ0) is 15.2. The molecular formula is C14H19ClN2O3. The lowest BCUT2D eigenvalue weighted by atomic mass is 10.1. The van der Waals surface area contributed by atoms with Crippen LogP contribution in [0.4, 0.5) is 0 Å². The number of nitrogens with one attached hydrogen (secondary N) is 2. The number of carbonyl (C=O) groups excluding carboxylic acids is 2. The van der Waals surface area contributed by atoms with E-state index in [9.17, 15) is 9.59 Å². The summed E-state index contributed by atoms with van der Waals surface area (Å²) in [7, 11) is 0. The van der Waals surface area contributed by atoms with Gasteiger partial charge in [0.05, 0.1) is 6.54 Å². The predicted molar refractivity (Wildman–Crippen MR) is 77.9 cm³/mol. The standard InChI is InChI=1S/C14H19ClN2O3/c1-14(2,3)17-12(18)8-16-13(19)9-20-11-6-4-5-10(15)7-11/h4-7H,8-9H2,1-3H3,(H,16,19)(H,17,18). The van der Waals surface area contributed by atoms with Crippen LogP contribution in [0.2, 0.25) is 5.02 Å². The number of rotatable bonds is 5. The molecule has 0 unspecified atom stereocenters. The summed E-state index contributed by atoms with van der Waals surface area (Å²) in [5.41, 5.74) is -0.320. The van der Waals surface area contributed by atoms with E-state index in [1.165, 1.54) is 0 Å². The molecule has 0 radical (unpaired) electrons. The average Bonchev–Trinajstić information content (AvgIpc) is 2.32. The van der Waals surface area contributed by atoms with Crippen LogP contribution in [0.1, 0.15) is 20.8 Å². The van der Waals surface area contributed by atoms with Crippen LogP contribution in [0.3, 0.4) is 0 Å². The fourth-order valence-corrected chi connectivity index (χ4v) is 1.58. The fourth-order valence-electron chi connectivity index (χ4n) is 1.40. The molecule has 6 heteroatoms. The van der Waals surface area contributed by atoms with Crippen molar-refractivity contribution in [2.75, 3.05) is 13.2 Å². The molecule has 0 saturated heterocycles. The quantitative estimate of drug-likeness (QED) is 0.870. The highest BCUT2D eigenvalue weighted by Crippen LogP contribution is 2.16. The molecular weight excluding hydrogens is 280 g/mol. The lowest BCUT2D eigenvalue weighted by Crippen LogP contribution is -2.46. The summed E-state index contributed by atoms with van der Waals surface area (Å²) in [5, 5.41) is 5.76. The topological polar surface area (TPSA) is 67.4 Å². The summed E-state index contributed by atoms with van der Waals surface area (Å²) < 4.78 is 5.25. The Balaban J connectivity index is 2.29. The second-order valence-corrected chi connectivity index (χ2v) is 5.76. The van der Waals surface area contributed by atoms with Crippen molar-refractivity contribution in [3.8, 4) is 5.75 Å². The molecule has 0 saturated carbocycles. The normalized spacial score (nSPS) is 10.8. The third-order valence-corrected chi connectivity index (χ3v) is 2.36. The van der Waals surface area contributed by atoms with Gasteiger partial charge in [0, 0.05) is 10.6 Å². The summed E-state index contributed by atoms with van der Waals surface area (Å²) in [6.45, 7) is 5.37. The van der Waals surface area contributed by atoms with E-state index in [1.54, 1.807) is 24.3 Å². The minimum Gasteiger partial charge on any atom is -0.484 e. The van der Waals surface area contributed by atoms with Crippen molar-refractivity contribution in [3.63, 3.8) is 0 Å². The van der Waals surface area contributed by atoms with Crippen molar-refractivity contribution in [3.05, 3.63) is 29.3 Å². The summed E-state index contributed by atoms with van der Waals surface area (Å²) in [6, 6.07) is 6.75. The molecule has 1 rings (SSSR count). The molecule has 2 N–H and O–H groups in total. The van der Waals surface area contributed by atoms with Crippen LogP contribution in [0, 0.1) is 0 Å². The maximum absolute atomic E-state index is 11.5. The van der Waals surface area contributed by atoms with Crippen molar-refractivity contribution >= 4 is 23.4 Å². The Hall–Kier alpha value is -1.75. The van der Waals surface area contributed by atoms with Crippen LogP contribution in [0.25, 0.3) is 0 Å². The number of halogens is 1. The van der Waals surface area contributed by atoms with Crippen molar-refractivity contribution < 1.29 is 14.3 Å². The predicted octanol–water partition coefficient (Wildman–Crippen LogP) is 1.75. The Kier molecular flexibility index (Phi) is 5.82. The highest BCUT2D eigenvalue weighted by atomic mass is 35.5. The smallest absolute Gasteiger partial charge is 0.258 e. The molecule has 1 aromatic rings. The molecule has 0 bridgehead atoms. The molecule has 0 aliphatic heterocycles. The molecule has 0 heterocycles. The lowest BCUT2D eigenvalue weighted by Gasteiger charge is -2.20. The van der Waals surface area contributed by atoms with Gasteiger partial charge in [-0.15, -0.1) is 0 Å². The first-order valence-corrected chi connectivity index (χ1v) is 6.60. The van der Waals surface area contributed by atoms with Gasteiger partial charge in [0.1, 0.15) is 5.75 Å². The van der Waals surface area contributed by atoms with E-state index in [-0.39, 0.29) is 30.5 Å². The highest BCUT2D eigenvalue weighted by molar-refractivity contribution is 6.30. The van der Waals surface area contributed by atoms with Crippen molar-refractivity contribution in [2.24, 2.45) is 0 Å². The second kappa shape index (κ2) is 7.14. The van der Waals surface area contributed by atoms with Gasteiger partial charge in [0.15, 0.2) is 6.61 Å². The Morgan fingerprint density at radius 3 is 2.55 bits per heavy atom. The third-order valence-electron chi connectivity index (χ3n) is 2.13. The van der Waals surface area contributed by atoms with Crippen molar-refractivity contribution in [1.29, 1.82) is 0 Å². The van der Waals surface area contributed by atoms with Gasteiger partial charge in [-0.05, 0) is 39.0 Å². The molecule has 0 spiro atoms. The molecule has 20 heavy (non-hydrogen) atoms. The molecule has 0 atom stereocenters. The van der Waals surface area contributed by atoms with Gasteiger partial charge in [-0.3, -0.25) is 9.59 Å². The lowest BCUT2D eigenvalue weighted by molar-refractivity contribution is -0.127. The maximum atomic E-state index is 11.5. The molecule has 0 aliphatic carbocycles. The molecule has 0 aliphatic rings. The monoisotopic (exact) mass is 298 g/mol. The van der Waals surface area contributed by atoms with Crippen LogP contribution in [-0.4, -0.2) is 30.5 Å². The molecule has 0 aromatic heterocycles.